The Morgan fingerprint density at radius 3 is 2.78 bits per heavy atom. The van der Waals surface area contributed by atoms with E-state index < -0.39 is 0 Å². The number of methoxy groups -OCH3 is 1. The number of nitrogens with one attached hydrogen (secondary N) is 1. The van der Waals surface area contributed by atoms with Crippen LogP contribution >= 0.6 is 27.3 Å². The van der Waals surface area contributed by atoms with E-state index in [0.717, 1.165) is 18.7 Å². The number of phenols is 1. The van der Waals surface area contributed by atoms with E-state index in [1.807, 2.05) is 12.1 Å². The van der Waals surface area contributed by atoms with Crippen molar-refractivity contribution < 1.29 is 9.84 Å². The summed E-state index contributed by atoms with van der Waals surface area (Å²) in [6, 6.07) is 5.82. The average molecular weight is 328 g/mol. The van der Waals surface area contributed by atoms with Crippen LogP contribution in [-0.4, -0.2) is 12.2 Å². The van der Waals surface area contributed by atoms with Crippen molar-refractivity contribution in [3.63, 3.8) is 0 Å². The lowest BCUT2D eigenvalue weighted by atomic mass is 10.2. The largest absolute Gasteiger partial charge is 0.503 e. The topological polar surface area (TPSA) is 41.5 Å². The van der Waals surface area contributed by atoms with Crippen LogP contribution in [0.15, 0.2) is 33.4 Å². The molecule has 0 spiro atoms. The number of halogens is 1. The number of phenolic OH excluding ortho intramolecular Hbond substituents is 1. The molecule has 1 aromatic heterocycles. The third-order valence-corrected chi connectivity index (χ3v) is 3.88. The maximum Gasteiger partial charge on any atom is 0.172 e. The molecule has 0 amide bonds. The van der Waals surface area contributed by atoms with Crippen molar-refractivity contribution in [2.24, 2.45) is 0 Å². The molecule has 2 rings (SSSR count). The Labute approximate surface area is 119 Å². The van der Waals surface area contributed by atoms with Gasteiger partial charge in [0.25, 0.3) is 0 Å². The number of ether oxygens (including phenoxy) is 1. The van der Waals surface area contributed by atoms with Crippen LogP contribution in [0.5, 0.6) is 11.5 Å². The van der Waals surface area contributed by atoms with E-state index in [1.165, 1.54) is 5.56 Å². The van der Waals surface area contributed by atoms with Gasteiger partial charge < -0.3 is 15.2 Å². The SMILES string of the molecule is COc1cc(CNCc2ccsc2)cc(Br)c1O. The van der Waals surface area contributed by atoms with Gasteiger partial charge in [-0.2, -0.15) is 11.3 Å². The summed E-state index contributed by atoms with van der Waals surface area (Å²) in [6.45, 7) is 1.56. The molecule has 0 saturated heterocycles. The Bertz CT molecular complexity index is 514. The van der Waals surface area contributed by atoms with Gasteiger partial charge in [0.2, 0.25) is 0 Å². The number of rotatable bonds is 5. The van der Waals surface area contributed by atoms with Gasteiger partial charge in [0, 0.05) is 13.1 Å². The highest BCUT2D eigenvalue weighted by Gasteiger charge is 2.08. The number of aromatic hydroxyl groups is 1. The first-order chi connectivity index (χ1) is 8.70. The summed E-state index contributed by atoms with van der Waals surface area (Å²) in [6.07, 6.45) is 0. The Morgan fingerprint density at radius 1 is 1.33 bits per heavy atom. The molecule has 18 heavy (non-hydrogen) atoms. The zero-order valence-electron chi connectivity index (χ0n) is 9.94. The fourth-order valence-corrected chi connectivity index (χ4v) is 2.79. The van der Waals surface area contributed by atoms with E-state index in [1.54, 1.807) is 18.4 Å². The molecule has 0 unspecified atom stereocenters. The second-order valence-corrected chi connectivity index (χ2v) is 5.50. The molecule has 0 fully saturated rings. The van der Waals surface area contributed by atoms with Crippen molar-refractivity contribution in [2.45, 2.75) is 13.1 Å². The van der Waals surface area contributed by atoms with Crippen LogP contribution in [-0.2, 0) is 13.1 Å². The van der Waals surface area contributed by atoms with Crippen LogP contribution in [0.4, 0.5) is 0 Å². The van der Waals surface area contributed by atoms with E-state index in [9.17, 15) is 5.11 Å². The molecule has 0 saturated carbocycles. The van der Waals surface area contributed by atoms with Crippen LogP contribution in [0.3, 0.4) is 0 Å². The van der Waals surface area contributed by atoms with Gasteiger partial charge in [0.05, 0.1) is 11.6 Å². The van der Waals surface area contributed by atoms with Crippen LogP contribution in [0.25, 0.3) is 0 Å². The van der Waals surface area contributed by atoms with Crippen molar-refractivity contribution in [1.29, 1.82) is 0 Å². The van der Waals surface area contributed by atoms with Crippen LogP contribution < -0.4 is 10.1 Å². The predicted molar refractivity (Wildman–Crippen MR) is 77.2 cm³/mol. The van der Waals surface area contributed by atoms with E-state index in [4.69, 9.17) is 4.74 Å². The van der Waals surface area contributed by atoms with Gasteiger partial charge in [-0.25, -0.2) is 0 Å². The van der Waals surface area contributed by atoms with Gasteiger partial charge in [0.15, 0.2) is 11.5 Å². The van der Waals surface area contributed by atoms with E-state index in [2.05, 4.69) is 38.1 Å². The van der Waals surface area contributed by atoms with Crippen LogP contribution in [0.2, 0.25) is 0 Å². The third kappa shape index (κ3) is 3.25. The number of hydrogen-bond acceptors (Lipinski definition) is 4. The summed E-state index contributed by atoms with van der Waals surface area (Å²) < 4.78 is 5.76. The lowest BCUT2D eigenvalue weighted by Crippen LogP contribution is -2.12. The fourth-order valence-electron chi connectivity index (χ4n) is 1.63. The smallest absolute Gasteiger partial charge is 0.172 e. The monoisotopic (exact) mass is 327 g/mol. The molecule has 96 valence electrons. The molecule has 2 aromatic rings. The molecule has 0 aliphatic rings. The highest BCUT2D eigenvalue weighted by molar-refractivity contribution is 9.10. The third-order valence-electron chi connectivity index (χ3n) is 2.55. The van der Waals surface area contributed by atoms with E-state index in [0.29, 0.717) is 10.2 Å². The lowest BCUT2D eigenvalue weighted by Gasteiger charge is -2.09. The van der Waals surface area contributed by atoms with Crippen molar-refractivity contribution in [2.75, 3.05) is 7.11 Å². The van der Waals surface area contributed by atoms with Crippen molar-refractivity contribution >= 4 is 27.3 Å². The van der Waals surface area contributed by atoms with E-state index >= 15 is 0 Å². The first-order valence-electron chi connectivity index (χ1n) is 5.48. The highest BCUT2D eigenvalue weighted by Crippen LogP contribution is 2.35. The standard InChI is InChI=1S/C13H14BrNO2S/c1-17-12-5-10(4-11(14)13(12)16)7-15-6-9-2-3-18-8-9/h2-5,8,15-16H,6-7H2,1H3. The van der Waals surface area contributed by atoms with Gasteiger partial charge in [0.1, 0.15) is 0 Å². The van der Waals surface area contributed by atoms with Crippen LogP contribution in [0.1, 0.15) is 11.1 Å². The summed E-state index contributed by atoms with van der Waals surface area (Å²) in [4.78, 5) is 0. The summed E-state index contributed by atoms with van der Waals surface area (Å²) in [5, 5.41) is 17.2. The van der Waals surface area contributed by atoms with Gasteiger partial charge >= 0.3 is 0 Å². The van der Waals surface area contributed by atoms with Gasteiger partial charge in [-0.3, -0.25) is 0 Å². The molecule has 5 heteroatoms. The molecule has 1 aromatic carbocycles. The molecule has 3 nitrogen and oxygen atoms in total. The van der Waals surface area contributed by atoms with Crippen LogP contribution in [0, 0.1) is 0 Å². The molecule has 0 aliphatic heterocycles. The summed E-state index contributed by atoms with van der Waals surface area (Å²) in [5.74, 6) is 0.621. The zero-order chi connectivity index (χ0) is 13.0. The van der Waals surface area contributed by atoms with E-state index in [-0.39, 0.29) is 5.75 Å². The van der Waals surface area contributed by atoms with Crippen molar-refractivity contribution in [1.82, 2.24) is 5.32 Å². The van der Waals surface area contributed by atoms with Gasteiger partial charge in [-0.05, 0) is 56.0 Å². The summed E-state index contributed by atoms with van der Waals surface area (Å²) in [5.41, 5.74) is 2.34. The minimum atomic E-state index is 0.138. The summed E-state index contributed by atoms with van der Waals surface area (Å²) in [7, 11) is 1.55. The molecule has 0 aliphatic carbocycles. The minimum Gasteiger partial charge on any atom is -0.503 e. The molecule has 0 bridgehead atoms. The maximum atomic E-state index is 9.71. The number of benzene rings is 1. The number of hydrogen-bond donors (Lipinski definition) is 2. The Kier molecular flexibility index (Phi) is 4.63. The zero-order valence-corrected chi connectivity index (χ0v) is 12.3. The van der Waals surface area contributed by atoms with Gasteiger partial charge in [-0.1, -0.05) is 0 Å². The van der Waals surface area contributed by atoms with Crippen molar-refractivity contribution in [3.8, 4) is 11.5 Å². The Morgan fingerprint density at radius 2 is 2.11 bits per heavy atom. The normalized spacial score (nSPS) is 10.6. The molecule has 2 N–H and O–H groups in total. The second kappa shape index (κ2) is 6.22. The molecular weight excluding hydrogens is 314 g/mol. The first-order valence-corrected chi connectivity index (χ1v) is 7.21. The second-order valence-electron chi connectivity index (χ2n) is 3.86. The molecule has 0 atom stereocenters. The quantitative estimate of drug-likeness (QED) is 0.882. The summed E-state index contributed by atoms with van der Waals surface area (Å²) >= 11 is 5.01. The molecule has 1 heterocycles. The van der Waals surface area contributed by atoms with Crippen molar-refractivity contribution in [3.05, 3.63) is 44.6 Å². The predicted octanol–water partition coefficient (Wildman–Crippen LogP) is 3.51. The lowest BCUT2D eigenvalue weighted by molar-refractivity contribution is 0.371. The molecular formula is C13H14BrNO2S. The fraction of sp³-hybridized carbons (Fsp3) is 0.231. The first kappa shape index (κ1) is 13.4. The highest BCUT2D eigenvalue weighted by atomic mass is 79.9. The average Bonchev–Trinajstić information content (AvgIpc) is 2.86. The minimum absolute atomic E-state index is 0.138. The Hall–Kier alpha value is -1.04. The number of thiophene rings is 1. The molecule has 0 radical (unpaired) electrons. The van der Waals surface area contributed by atoms with Gasteiger partial charge in [-0.15, -0.1) is 0 Å². The maximum absolute atomic E-state index is 9.71. The Balaban J connectivity index is 1.99.